The number of sulfonamides is 1. The van der Waals surface area contributed by atoms with Crippen LogP contribution < -0.4 is 14.5 Å². The highest BCUT2D eigenvalue weighted by Gasteiger charge is 2.27. The molecule has 0 atom stereocenters. The van der Waals surface area contributed by atoms with E-state index in [2.05, 4.69) is 10.5 Å². The van der Waals surface area contributed by atoms with Crippen molar-refractivity contribution in [3.63, 3.8) is 0 Å². The van der Waals surface area contributed by atoms with Crippen molar-refractivity contribution in [2.75, 3.05) is 10.8 Å². The minimum atomic E-state index is -4.03. The molecule has 216 valence electrons. The first-order valence-electron chi connectivity index (χ1n) is 13.0. The lowest BCUT2D eigenvalue weighted by molar-refractivity contribution is -0.384. The third-order valence-electron chi connectivity index (χ3n) is 6.51. The Labute approximate surface area is 244 Å². The monoisotopic (exact) mass is 586 g/mol. The Morgan fingerprint density at radius 3 is 2.21 bits per heavy atom. The molecule has 0 spiro atoms. The molecule has 0 saturated heterocycles. The Balaban J connectivity index is 1.40. The van der Waals surface area contributed by atoms with Gasteiger partial charge in [-0.1, -0.05) is 23.8 Å². The molecule has 0 aromatic heterocycles. The highest BCUT2D eigenvalue weighted by molar-refractivity contribution is 7.92. The van der Waals surface area contributed by atoms with Gasteiger partial charge >= 0.3 is 0 Å². The average molecular weight is 587 g/mol. The number of nitrogens with zero attached hydrogens (tertiary/aromatic N) is 3. The van der Waals surface area contributed by atoms with Crippen LogP contribution in [0.2, 0.25) is 0 Å². The van der Waals surface area contributed by atoms with Gasteiger partial charge in [-0.15, -0.1) is 0 Å². The number of hydrazone groups is 1. The summed E-state index contributed by atoms with van der Waals surface area (Å²) in [5, 5.41) is 14.8. The average Bonchev–Trinajstić information content (AvgIpc) is 2.97. The standard InChI is InChI=1S/C31H30N4O6S/c1-22-4-16-30(17-5-22)42(39,40)34(28-11-6-23(2)24(3)18-28)20-31(36)33-32-19-25-9-14-29(15-10-25)41-21-26-7-12-27(13-8-26)35(37)38/h4-19H,20-21H2,1-3H3,(H,33,36)/b32-19-. The van der Waals surface area contributed by atoms with Gasteiger partial charge < -0.3 is 4.74 Å². The van der Waals surface area contributed by atoms with Crippen molar-refractivity contribution >= 4 is 33.5 Å². The smallest absolute Gasteiger partial charge is 0.269 e. The maximum atomic E-state index is 13.6. The van der Waals surface area contributed by atoms with Crippen molar-refractivity contribution in [1.29, 1.82) is 0 Å². The molecule has 10 nitrogen and oxygen atoms in total. The van der Waals surface area contributed by atoms with Gasteiger partial charge in [0.1, 0.15) is 18.9 Å². The highest BCUT2D eigenvalue weighted by atomic mass is 32.2. The third-order valence-corrected chi connectivity index (χ3v) is 8.30. The van der Waals surface area contributed by atoms with Crippen LogP contribution in [-0.2, 0) is 21.4 Å². The van der Waals surface area contributed by atoms with E-state index in [1.54, 1.807) is 60.7 Å². The zero-order chi connectivity index (χ0) is 30.3. The molecular weight excluding hydrogens is 556 g/mol. The van der Waals surface area contributed by atoms with E-state index in [4.69, 9.17) is 4.74 Å². The van der Waals surface area contributed by atoms with Crippen LogP contribution in [0.4, 0.5) is 11.4 Å². The molecule has 0 heterocycles. The van der Waals surface area contributed by atoms with E-state index < -0.39 is 27.4 Å². The zero-order valence-corrected chi connectivity index (χ0v) is 24.2. The van der Waals surface area contributed by atoms with Gasteiger partial charge in [-0.2, -0.15) is 5.10 Å². The maximum Gasteiger partial charge on any atom is 0.269 e. The minimum Gasteiger partial charge on any atom is -0.489 e. The molecule has 11 heteroatoms. The number of carbonyl (C=O) groups excluding carboxylic acids is 1. The number of nitro groups is 1. The summed E-state index contributed by atoms with van der Waals surface area (Å²) in [6.45, 7) is 5.45. The molecule has 0 aliphatic rings. The van der Waals surface area contributed by atoms with Crippen LogP contribution in [0.1, 0.15) is 27.8 Å². The Bertz CT molecular complexity index is 1700. The Hall–Kier alpha value is -5.03. The summed E-state index contributed by atoms with van der Waals surface area (Å²) in [5.41, 5.74) is 7.08. The second kappa shape index (κ2) is 13.1. The van der Waals surface area contributed by atoms with E-state index in [0.29, 0.717) is 17.0 Å². The summed E-state index contributed by atoms with van der Waals surface area (Å²) < 4.78 is 33.9. The van der Waals surface area contributed by atoms with Gasteiger partial charge in [0.2, 0.25) is 0 Å². The molecular formula is C31H30N4O6S. The van der Waals surface area contributed by atoms with Crippen LogP contribution in [0.25, 0.3) is 0 Å². The number of non-ortho nitro benzene ring substituents is 1. The van der Waals surface area contributed by atoms with Gasteiger partial charge in [-0.05, 0) is 104 Å². The number of hydrogen-bond donors (Lipinski definition) is 1. The largest absolute Gasteiger partial charge is 0.489 e. The summed E-state index contributed by atoms with van der Waals surface area (Å²) >= 11 is 0. The van der Waals surface area contributed by atoms with Gasteiger partial charge in [0, 0.05) is 12.1 Å². The third kappa shape index (κ3) is 7.58. The second-order valence-electron chi connectivity index (χ2n) is 9.67. The molecule has 0 radical (unpaired) electrons. The summed E-state index contributed by atoms with van der Waals surface area (Å²) in [6, 6.07) is 24.7. The molecule has 4 aromatic carbocycles. The summed E-state index contributed by atoms with van der Waals surface area (Å²) in [4.78, 5) is 23.2. The van der Waals surface area contributed by atoms with Crippen molar-refractivity contribution in [3.8, 4) is 5.75 Å². The molecule has 0 aliphatic carbocycles. The SMILES string of the molecule is Cc1ccc(S(=O)(=O)N(CC(=O)N/N=C\c2ccc(OCc3ccc([N+](=O)[O-])cc3)cc2)c2ccc(C)c(C)c2)cc1. The molecule has 4 rings (SSSR count). The van der Waals surface area contributed by atoms with Crippen LogP contribution in [0.3, 0.4) is 0 Å². The number of anilines is 1. The Morgan fingerprint density at radius 1 is 0.929 bits per heavy atom. The number of ether oxygens (including phenoxy) is 1. The van der Waals surface area contributed by atoms with Crippen molar-refractivity contribution in [1.82, 2.24) is 5.43 Å². The normalized spacial score (nSPS) is 11.3. The molecule has 42 heavy (non-hydrogen) atoms. The van der Waals surface area contributed by atoms with Crippen LogP contribution in [0.5, 0.6) is 5.75 Å². The molecule has 1 N–H and O–H groups in total. The van der Waals surface area contributed by atoms with Crippen molar-refractivity contribution in [2.24, 2.45) is 5.10 Å². The fraction of sp³-hybridized carbons (Fsp3) is 0.161. The number of amides is 1. The number of hydrogen-bond acceptors (Lipinski definition) is 7. The maximum absolute atomic E-state index is 13.6. The molecule has 4 aromatic rings. The molecule has 0 aliphatic heterocycles. The number of aryl methyl sites for hydroxylation is 3. The van der Waals surface area contributed by atoms with Crippen molar-refractivity contribution < 1.29 is 22.9 Å². The van der Waals surface area contributed by atoms with E-state index in [9.17, 15) is 23.3 Å². The van der Waals surface area contributed by atoms with Gasteiger partial charge in [0.05, 0.1) is 21.7 Å². The zero-order valence-electron chi connectivity index (χ0n) is 23.4. The van der Waals surface area contributed by atoms with Gasteiger partial charge in [0.15, 0.2) is 0 Å². The van der Waals surface area contributed by atoms with Gasteiger partial charge in [-0.3, -0.25) is 19.2 Å². The first-order chi connectivity index (χ1) is 20.0. The molecule has 1 amide bonds. The predicted molar refractivity (Wildman–Crippen MR) is 161 cm³/mol. The van der Waals surface area contributed by atoms with Crippen LogP contribution in [0, 0.1) is 30.9 Å². The lowest BCUT2D eigenvalue weighted by Gasteiger charge is -2.24. The Morgan fingerprint density at radius 2 is 1.60 bits per heavy atom. The van der Waals surface area contributed by atoms with E-state index >= 15 is 0 Å². The predicted octanol–water partition coefficient (Wildman–Crippen LogP) is 5.44. The number of carbonyl (C=O) groups is 1. The molecule has 0 unspecified atom stereocenters. The number of rotatable bonds is 11. The molecule has 0 bridgehead atoms. The lowest BCUT2D eigenvalue weighted by atomic mass is 10.1. The number of nitro benzene ring substituents is 1. The van der Waals surface area contributed by atoms with Crippen molar-refractivity contribution in [3.05, 3.63) is 129 Å². The summed E-state index contributed by atoms with van der Waals surface area (Å²) in [7, 11) is -4.03. The van der Waals surface area contributed by atoms with Crippen LogP contribution in [0.15, 0.2) is 101 Å². The minimum absolute atomic E-state index is 0.0142. The fourth-order valence-electron chi connectivity index (χ4n) is 3.91. The van der Waals surface area contributed by atoms with Crippen LogP contribution in [-0.4, -0.2) is 32.0 Å². The number of nitrogens with one attached hydrogen (secondary N) is 1. The highest BCUT2D eigenvalue weighted by Crippen LogP contribution is 2.26. The summed E-state index contributed by atoms with van der Waals surface area (Å²) in [5.74, 6) is -0.0249. The molecule has 0 saturated carbocycles. The Kier molecular flexibility index (Phi) is 9.33. The first kappa shape index (κ1) is 29.9. The van der Waals surface area contributed by atoms with E-state index in [0.717, 1.165) is 26.6 Å². The van der Waals surface area contributed by atoms with E-state index in [1.807, 2.05) is 26.8 Å². The second-order valence-corrected chi connectivity index (χ2v) is 11.5. The fourth-order valence-corrected chi connectivity index (χ4v) is 5.32. The van der Waals surface area contributed by atoms with Gasteiger partial charge in [-0.25, -0.2) is 13.8 Å². The quantitative estimate of drug-likeness (QED) is 0.141. The van der Waals surface area contributed by atoms with Gasteiger partial charge in [0.25, 0.3) is 21.6 Å². The first-order valence-corrected chi connectivity index (χ1v) is 14.4. The van der Waals surface area contributed by atoms with E-state index in [1.165, 1.54) is 30.5 Å². The molecule has 0 fully saturated rings. The summed E-state index contributed by atoms with van der Waals surface area (Å²) in [6.07, 6.45) is 1.44. The lowest BCUT2D eigenvalue weighted by Crippen LogP contribution is -2.39. The topological polar surface area (TPSA) is 131 Å². The van der Waals surface area contributed by atoms with Crippen LogP contribution >= 0.6 is 0 Å². The van der Waals surface area contributed by atoms with Crippen molar-refractivity contribution in [2.45, 2.75) is 32.3 Å². The van der Waals surface area contributed by atoms with E-state index in [-0.39, 0.29) is 17.2 Å². The number of benzene rings is 4.